The van der Waals surface area contributed by atoms with Crippen LogP contribution >= 0.6 is 0 Å². The van der Waals surface area contributed by atoms with Gasteiger partial charge in [0.05, 0.1) is 30.1 Å². The lowest BCUT2D eigenvalue weighted by Crippen LogP contribution is -2.26. The monoisotopic (exact) mass is 470 g/mol. The van der Waals surface area contributed by atoms with Gasteiger partial charge in [-0.25, -0.2) is 9.67 Å². The second-order valence-electron chi connectivity index (χ2n) is 9.16. The van der Waals surface area contributed by atoms with Crippen molar-refractivity contribution in [3.05, 3.63) is 60.3 Å². The van der Waals surface area contributed by atoms with Crippen LogP contribution in [0.25, 0.3) is 27.8 Å². The third-order valence-corrected chi connectivity index (χ3v) is 6.48. The van der Waals surface area contributed by atoms with Crippen molar-refractivity contribution in [1.82, 2.24) is 39.9 Å². The molecule has 1 aliphatic carbocycles. The maximum atomic E-state index is 11.4. The van der Waals surface area contributed by atoms with E-state index in [0.717, 1.165) is 46.8 Å². The fraction of sp³-hybridized carbons (Fsp3) is 0.320. The lowest BCUT2D eigenvalue weighted by molar-refractivity contribution is -0.131. The summed E-state index contributed by atoms with van der Waals surface area (Å²) >= 11 is 0. The molecule has 6 rings (SSSR count). The molecule has 1 saturated carbocycles. The van der Waals surface area contributed by atoms with Gasteiger partial charge in [-0.1, -0.05) is 17.7 Å². The molecule has 1 fully saturated rings. The molecule has 10 heteroatoms. The number of nitrogens with one attached hydrogen (secondary N) is 2. The smallest absolute Gasteiger partial charge is 0.308 e. The summed E-state index contributed by atoms with van der Waals surface area (Å²) in [5, 5.41) is 20.1. The molecule has 2 N–H and O–H groups in total. The number of carbonyl (C=O) groups excluding carboxylic acids is 1. The second kappa shape index (κ2) is 8.95. The molecule has 0 atom stereocenters. The predicted octanol–water partition coefficient (Wildman–Crippen LogP) is 3.33. The number of imidazole rings is 1. The Balaban J connectivity index is 1.19. The van der Waals surface area contributed by atoms with E-state index < -0.39 is 0 Å². The van der Waals surface area contributed by atoms with Crippen molar-refractivity contribution in [3.8, 4) is 17.0 Å². The Labute approximate surface area is 201 Å². The fourth-order valence-corrected chi connectivity index (χ4v) is 4.52. The van der Waals surface area contributed by atoms with Crippen molar-refractivity contribution < 1.29 is 9.53 Å². The Morgan fingerprint density at radius 1 is 1.23 bits per heavy atom. The summed E-state index contributed by atoms with van der Waals surface area (Å²) in [5.41, 5.74) is 5.23. The third kappa shape index (κ3) is 4.52. The van der Waals surface area contributed by atoms with E-state index in [0.29, 0.717) is 18.0 Å². The van der Waals surface area contributed by atoms with E-state index in [1.54, 1.807) is 23.0 Å². The van der Waals surface area contributed by atoms with Crippen molar-refractivity contribution in [2.75, 3.05) is 6.54 Å². The van der Waals surface area contributed by atoms with Crippen LogP contribution in [-0.2, 0) is 17.9 Å². The van der Waals surface area contributed by atoms with Crippen LogP contribution in [0.1, 0.15) is 37.4 Å². The van der Waals surface area contributed by atoms with Crippen LogP contribution in [-0.4, -0.2) is 47.1 Å². The lowest BCUT2D eigenvalue weighted by Gasteiger charge is -2.25. The molecule has 0 amide bonds. The van der Waals surface area contributed by atoms with E-state index >= 15 is 0 Å². The summed E-state index contributed by atoms with van der Waals surface area (Å²) in [6.45, 7) is 3.82. The summed E-state index contributed by atoms with van der Waals surface area (Å²) in [4.78, 5) is 16.2. The summed E-state index contributed by atoms with van der Waals surface area (Å²) < 4.78 is 9.10. The van der Waals surface area contributed by atoms with Crippen molar-refractivity contribution in [2.45, 2.75) is 39.3 Å². The van der Waals surface area contributed by atoms with Crippen LogP contribution in [0.2, 0.25) is 0 Å². The number of benzene rings is 1. The van der Waals surface area contributed by atoms with Gasteiger partial charge in [0, 0.05) is 42.9 Å². The van der Waals surface area contributed by atoms with E-state index in [9.17, 15) is 4.79 Å². The minimum atomic E-state index is -0.386. The predicted molar refractivity (Wildman–Crippen MR) is 130 cm³/mol. The fourth-order valence-electron chi connectivity index (χ4n) is 4.52. The van der Waals surface area contributed by atoms with Crippen molar-refractivity contribution >= 4 is 22.5 Å². The topological polar surface area (TPSA) is 115 Å². The number of ether oxygens (including phenoxy) is 1. The first-order valence-corrected chi connectivity index (χ1v) is 11.8. The molecule has 0 spiro atoms. The number of esters is 1. The molecule has 0 bridgehead atoms. The molecule has 178 valence electrons. The van der Waals surface area contributed by atoms with Gasteiger partial charge in [-0.15, -0.1) is 5.10 Å². The van der Waals surface area contributed by atoms with Gasteiger partial charge in [0.15, 0.2) is 0 Å². The van der Waals surface area contributed by atoms with Gasteiger partial charge in [0.25, 0.3) is 0 Å². The third-order valence-electron chi connectivity index (χ3n) is 6.48. The average Bonchev–Trinajstić information content (AvgIpc) is 3.53. The van der Waals surface area contributed by atoms with Crippen LogP contribution in [0, 0.1) is 5.92 Å². The maximum absolute atomic E-state index is 11.4. The quantitative estimate of drug-likeness (QED) is 0.264. The Bertz CT molecular complexity index is 1510. The van der Waals surface area contributed by atoms with Gasteiger partial charge in [-0.05, 0) is 43.0 Å². The zero-order chi connectivity index (χ0) is 23.8. The molecule has 4 aromatic heterocycles. The van der Waals surface area contributed by atoms with Gasteiger partial charge in [-0.3, -0.25) is 9.89 Å². The molecule has 1 aliphatic rings. The van der Waals surface area contributed by atoms with Gasteiger partial charge in [0.1, 0.15) is 17.1 Å². The molecule has 0 radical (unpaired) electrons. The number of aromatic amines is 1. The number of H-pyrrole nitrogens is 1. The standard InChI is InChI=1S/C25H26N8O2/c1-16(34)35-20-7-21(22-11-27-29-23(22)8-20)24-15-33(31-30-24)14-19-13-32-12-18(5-6-25(32)28-19)10-26-9-17-3-2-4-17/h5-8,11-13,15,17,26H,2-4,9-10,14H2,1H3,(H,27,29). The van der Waals surface area contributed by atoms with Gasteiger partial charge >= 0.3 is 5.97 Å². The number of nitrogens with zero attached hydrogens (tertiary/aromatic N) is 6. The number of hydrogen-bond acceptors (Lipinski definition) is 7. The SMILES string of the molecule is CC(=O)Oc1cc(-c2cn(Cc3cn4cc(CNCC5CCC5)ccc4n3)nn2)c2cn[nH]c2c1. The highest BCUT2D eigenvalue weighted by molar-refractivity contribution is 5.94. The second-order valence-corrected chi connectivity index (χ2v) is 9.16. The number of hydrogen-bond donors (Lipinski definition) is 2. The van der Waals surface area contributed by atoms with Gasteiger partial charge < -0.3 is 14.5 Å². The normalized spacial score (nSPS) is 14.0. The lowest BCUT2D eigenvalue weighted by atomic mass is 9.85. The largest absolute Gasteiger partial charge is 0.427 e. The Morgan fingerprint density at radius 2 is 2.14 bits per heavy atom. The van der Waals surface area contributed by atoms with Crippen LogP contribution in [0.3, 0.4) is 0 Å². The Kier molecular flexibility index (Phi) is 5.49. The first-order valence-electron chi connectivity index (χ1n) is 11.8. The minimum Gasteiger partial charge on any atom is -0.427 e. The molecule has 0 saturated heterocycles. The maximum Gasteiger partial charge on any atom is 0.308 e. The van der Waals surface area contributed by atoms with Crippen LogP contribution in [0.15, 0.2) is 49.1 Å². The molecular weight excluding hydrogens is 444 g/mol. The first-order chi connectivity index (χ1) is 17.1. The molecule has 0 aliphatic heterocycles. The van der Waals surface area contributed by atoms with Crippen molar-refractivity contribution in [2.24, 2.45) is 5.92 Å². The molecule has 1 aromatic carbocycles. The minimum absolute atomic E-state index is 0.386. The average molecular weight is 471 g/mol. The number of aromatic nitrogens is 7. The van der Waals surface area contributed by atoms with Gasteiger partial charge in [-0.2, -0.15) is 5.10 Å². The number of pyridine rings is 1. The Hall–Kier alpha value is -4.05. The molecule has 35 heavy (non-hydrogen) atoms. The highest BCUT2D eigenvalue weighted by Gasteiger charge is 2.16. The van der Waals surface area contributed by atoms with E-state index in [2.05, 4.69) is 42.5 Å². The molecule has 5 aromatic rings. The van der Waals surface area contributed by atoms with Crippen LogP contribution < -0.4 is 10.1 Å². The van der Waals surface area contributed by atoms with E-state index in [-0.39, 0.29) is 5.97 Å². The zero-order valence-electron chi connectivity index (χ0n) is 19.4. The van der Waals surface area contributed by atoms with Crippen molar-refractivity contribution in [3.63, 3.8) is 0 Å². The molecule has 10 nitrogen and oxygen atoms in total. The summed E-state index contributed by atoms with van der Waals surface area (Å²) in [6.07, 6.45) is 11.8. The van der Waals surface area contributed by atoms with Crippen molar-refractivity contribution in [1.29, 1.82) is 0 Å². The highest BCUT2D eigenvalue weighted by Crippen LogP contribution is 2.31. The number of rotatable bonds is 8. The van der Waals surface area contributed by atoms with Gasteiger partial charge in [0.2, 0.25) is 0 Å². The number of fused-ring (bicyclic) bond motifs is 2. The van der Waals surface area contributed by atoms with E-state index in [1.165, 1.54) is 31.7 Å². The molecular formula is C25H26N8O2. The highest BCUT2D eigenvalue weighted by atomic mass is 16.5. The van der Waals surface area contributed by atoms with Crippen LogP contribution in [0.4, 0.5) is 0 Å². The number of carbonyl (C=O) groups is 1. The molecule has 0 unspecified atom stereocenters. The Morgan fingerprint density at radius 3 is 2.97 bits per heavy atom. The summed E-state index contributed by atoms with van der Waals surface area (Å²) in [6, 6.07) is 7.69. The summed E-state index contributed by atoms with van der Waals surface area (Å²) in [5.74, 6) is 0.889. The summed E-state index contributed by atoms with van der Waals surface area (Å²) in [7, 11) is 0. The van der Waals surface area contributed by atoms with Crippen LogP contribution in [0.5, 0.6) is 5.75 Å². The van der Waals surface area contributed by atoms with E-state index in [1.807, 2.05) is 18.5 Å². The molecule has 4 heterocycles. The zero-order valence-corrected chi connectivity index (χ0v) is 19.4. The van der Waals surface area contributed by atoms with E-state index in [4.69, 9.17) is 9.72 Å². The first kappa shape index (κ1) is 21.5.